The smallest absolute Gasteiger partial charge is 0.126 e. The maximum Gasteiger partial charge on any atom is 0.126 e. The molecule has 0 heterocycles. The Morgan fingerprint density at radius 1 is 0.950 bits per heavy atom. The Morgan fingerprint density at radius 3 is 2.10 bits per heavy atom. The van der Waals surface area contributed by atoms with Gasteiger partial charge in [0.15, 0.2) is 0 Å². The molecule has 0 fully saturated rings. The van der Waals surface area contributed by atoms with E-state index in [0.717, 1.165) is 36.3 Å². The van der Waals surface area contributed by atoms with E-state index in [4.69, 9.17) is 14.2 Å². The van der Waals surface area contributed by atoms with E-state index in [1.165, 1.54) is 12.8 Å². The van der Waals surface area contributed by atoms with Crippen LogP contribution in [0.25, 0.3) is 0 Å². The quantitative estimate of drug-likeness (QED) is 0.669. The van der Waals surface area contributed by atoms with E-state index in [2.05, 4.69) is 19.2 Å². The maximum atomic E-state index is 5.70. The average molecular weight is 281 g/mol. The third kappa shape index (κ3) is 6.66. The lowest BCUT2D eigenvalue weighted by atomic mass is 10.1. The van der Waals surface area contributed by atoms with Gasteiger partial charge in [-0.05, 0) is 25.3 Å². The number of nitrogens with one attached hydrogen (secondary N) is 1. The molecule has 0 aliphatic heterocycles. The predicted octanol–water partition coefficient (Wildman–Crippen LogP) is 3.11. The Kier molecular flexibility index (Phi) is 7.88. The van der Waals surface area contributed by atoms with Gasteiger partial charge >= 0.3 is 0 Å². The zero-order valence-electron chi connectivity index (χ0n) is 13.1. The number of hydrogen-bond acceptors (Lipinski definition) is 4. The molecule has 0 aromatic heterocycles. The second-order valence-electron chi connectivity index (χ2n) is 5.18. The fraction of sp³-hybridized carbons (Fsp3) is 0.625. The van der Waals surface area contributed by atoms with Gasteiger partial charge in [-0.25, -0.2) is 0 Å². The van der Waals surface area contributed by atoms with Crippen LogP contribution in [0.3, 0.4) is 0 Å². The maximum absolute atomic E-state index is 5.70. The zero-order chi connectivity index (χ0) is 14.8. The molecule has 0 aliphatic carbocycles. The first-order chi connectivity index (χ1) is 9.65. The van der Waals surface area contributed by atoms with Crippen LogP contribution in [0, 0.1) is 5.92 Å². The van der Waals surface area contributed by atoms with Gasteiger partial charge in [-0.2, -0.15) is 0 Å². The summed E-state index contributed by atoms with van der Waals surface area (Å²) in [6.07, 6.45) is 2.48. The third-order valence-electron chi connectivity index (χ3n) is 3.01. The first-order valence-corrected chi connectivity index (χ1v) is 7.22. The van der Waals surface area contributed by atoms with Crippen LogP contribution in [0.4, 0.5) is 0 Å². The fourth-order valence-electron chi connectivity index (χ4n) is 1.87. The molecule has 20 heavy (non-hydrogen) atoms. The lowest BCUT2D eigenvalue weighted by molar-refractivity contribution is 0.307. The summed E-state index contributed by atoms with van der Waals surface area (Å²) in [5, 5.41) is 3.38. The molecule has 0 amide bonds. The number of benzene rings is 1. The minimum Gasteiger partial charge on any atom is -0.496 e. The highest BCUT2D eigenvalue weighted by molar-refractivity contribution is 5.41. The Hall–Kier alpha value is -1.42. The molecule has 0 bridgehead atoms. The molecular weight excluding hydrogens is 254 g/mol. The summed E-state index contributed by atoms with van der Waals surface area (Å²) >= 11 is 0. The molecule has 4 nitrogen and oxygen atoms in total. The highest BCUT2D eigenvalue weighted by Gasteiger charge is 2.02. The molecule has 0 radical (unpaired) electrons. The standard InChI is InChI=1S/C16H27NO3/c1-13(2)6-5-7-17-8-9-20-16-11-14(18-3)10-15(12-16)19-4/h10-13,17H,5-9H2,1-4H3. The molecule has 1 N–H and O–H groups in total. The van der Waals surface area contributed by atoms with Crippen LogP contribution in [0.15, 0.2) is 18.2 Å². The van der Waals surface area contributed by atoms with Crippen molar-refractivity contribution in [2.45, 2.75) is 26.7 Å². The normalized spacial score (nSPS) is 10.7. The lowest BCUT2D eigenvalue weighted by Gasteiger charge is -2.11. The average Bonchev–Trinajstić information content (AvgIpc) is 2.45. The van der Waals surface area contributed by atoms with Crippen molar-refractivity contribution in [3.63, 3.8) is 0 Å². The number of ether oxygens (including phenoxy) is 3. The van der Waals surface area contributed by atoms with Crippen LogP contribution in [-0.4, -0.2) is 33.9 Å². The van der Waals surface area contributed by atoms with Gasteiger partial charge in [-0.15, -0.1) is 0 Å². The zero-order valence-corrected chi connectivity index (χ0v) is 13.1. The summed E-state index contributed by atoms with van der Waals surface area (Å²) < 4.78 is 16.1. The van der Waals surface area contributed by atoms with Crippen molar-refractivity contribution >= 4 is 0 Å². The number of hydrogen-bond donors (Lipinski definition) is 1. The summed E-state index contributed by atoms with van der Waals surface area (Å²) in [6, 6.07) is 5.56. The minimum atomic E-state index is 0.637. The van der Waals surface area contributed by atoms with Crippen LogP contribution in [-0.2, 0) is 0 Å². The van der Waals surface area contributed by atoms with Gasteiger partial charge in [0.25, 0.3) is 0 Å². The van der Waals surface area contributed by atoms with Gasteiger partial charge in [-0.3, -0.25) is 0 Å². The predicted molar refractivity (Wildman–Crippen MR) is 82.0 cm³/mol. The summed E-state index contributed by atoms with van der Waals surface area (Å²) in [4.78, 5) is 0. The van der Waals surface area contributed by atoms with E-state index >= 15 is 0 Å². The summed E-state index contributed by atoms with van der Waals surface area (Å²) in [6.45, 7) is 7.02. The fourth-order valence-corrected chi connectivity index (χ4v) is 1.87. The molecule has 0 saturated carbocycles. The van der Waals surface area contributed by atoms with Gasteiger partial charge in [0.05, 0.1) is 14.2 Å². The Labute approximate surface area is 122 Å². The van der Waals surface area contributed by atoms with E-state index in [1.807, 2.05) is 18.2 Å². The summed E-state index contributed by atoms with van der Waals surface area (Å²) in [5.41, 5.74) is 0. The van der Waals surface area contributed by atoms with Gasteiger partial charge < -0.3 is 19.5 Å². The van der Waals surface area contributed by atoms with Gasteiger partial charge in [0.2, 0.25) is 0 Å². The van der Waals surface area contributed by atoms with Crippen molar-refractivity contribution in [1.82, 2.24) is 5.32 Å². The second kappa shape index (κ2) is 9.48. The van der Waals surface area contributed by atoms with Crippen molar-refractivity contribution in [3.05, 3.63) is 18.2 Å². The second-order valence-corrected chi connectivity index (χ2v) is 5.18. The Morgan fingerprint density at radius 2 is 1.55 bits per heavy atom. The molecule has 0 unspecified atom stereocenters. The molecule has 1 aromatic carbocycles. The monoisotopic (exact) mass is 281 g/mol. The van der Waals surface area contributed by atoms with Crippen molar-refractivity contribution < 1.29 is 14.2 Å². The topological polar surface area (TPSA) is 39.7 Å². The van der Waals surface area contributed by atoms with Crippen LogP contribution < -0.4 is 19.5 Å². The lowest BCUT2D eigenvalue weighted by Crippen LogP contribution is -2.22. The van der Waals surface area contributed by atoms with Gasteiger partial charge in [0.1, 0.15) is 23.9 Å². The molecular formula is C16H27NO3. The molecule has 1 rings (SSSR count). The third-order valence-corrected chi connectivity index (χ3v) is 3.01. The van der Waals surface area contributed by atoms with Crippen molar-refractivity contribution in [1.29, 1.82) is 0 Å². The molecule has 4 heteroatoms. The first kappa shape index (κ1) is 16.6. The Bertz CT molecular complexity index is 358. The van der Waals surface area contributed by atoms with Crippen molar-refractivity contribution in [2.24, 2.45) is 5.92 Å². The molecule has 114 valence electrons. The highest BCUT2D eigenvalue weighted by atomic mass is 16.5. The van der Waals surface area contributed by atoms with E-state index in [1.54, 1.807) is 14.2 Å². The van der Waals surface area contributed by atoms with E-state index in [0.29, 0.717) is 6.61 Å². The largest absolute Gasteiger partial charge is 0.496 e. The summed E-state index contributed by atoms with van der Waals surface area (Å²) in [5.74, 6) is 3.02. The summed E-state index contributed by atoms with van der Waals surface area (Å²) in [7, 11) is 3.27. The first-order valence-electron chi connectivity index (χ1n) is 7.22. The van der Waals surface area contributed by atoms with Crippen LogP contribution in [0.1, 0.15) is 26.7 Å². The number of rotatable bonds is 10. The van der Waals surface area contributed by atoms with Crippen LogP contribution in [0.5, 0.6) is 17.2 Å². The van der Waals surface area contributed by atoms with Crippen LogP contribution in [0.2, 0.25) is 0 Å². The molecule has 0 atom stereocenters. The highest BCUT2D eigenvalue weighted by Crippen LogP contribution is 2.27. The molecule has 0 aliphatic rings. The molecule has 0 spiro atoms. The van der Waals surface area contributed by atoms with E-state index in [9.17, 15) is 0 Å². The van der Waals surface area contributed by atoms with Gasteiger partial charge in [-0.1, -0.05) is 13.8 Å². The van der Waals surface area contributed by atoms with E-state index in [-0.39, 0.29) is 0 Å². The Balaban J connectivity index is 2.24. The van der Waals surface area contributed by atoms with Crippen LogP contribution >= 0.6 is 0 Å². The van der Waals surface area contributed by atoms with E-state index < -0.39 is 0 Å². The van der Waals surface area contributed by atoms with Crippen molar-refractivity contribution in [3.8, 4) is 17.2 Å². The van der Waals surface area contributed by atoms with Crippen molar-refractivity contribution in [2.75, 3.05) is 33.9 Å². The molecule has 1 aromatic rings. The van der Waals surface area contributed by atoms with Gasteiger partial charge in [0, 0.05) is 24.7 Å². The molecule has 0 saturated heterocycles. The minimum absolute atomic E-state index is 0.637. The SMILES string of the molecule is COc1cc(OC)cc(OCCNCCCC(C)C)c1. The number of methoxy groups -OCH3 is 2.